The van der Waals surface area contributed by atoms with E-state index in [9.17, 15) is 9.90 Å². The second-order valence-corrected chi connectivity index (χ2v) is 23.6. The number of piperidine rings is 3. The largest absolute Gasteiger partial charge is 0.458 e. The summed E-state index contributed by atoms with van der Waals surface area (Å²) in [5.41, 5.74) is 4.58. The molecule has 0 aromatic heterocycles. The summed E-state index contributed by atoms with van der Waals surface area (Å²) in [5.74, 6) is 11.4. The van der Waals surface area contributed by atoms with Gasteiger partial charge in [-0.2, -0.15) is 0 Å². The molecule has 4 aromatic rings. The van der Waals surface area contributed by atoms with Crippen LogP contribution in [0.15, 0.2) is 78.9 Å². The first-order valence-corrected chi connectivity index (χ1v) is 27.2. The van der Waals surface area contributed by atoms with E-state index in [4.69, 9.17) is 44.8 Å². The van der Waals surface area contributed by atoms with Gasteiger partial charge in [0.1, 0.15) is 6.10 Å². The highest BCUT2D eigenvalue weighted by molar-refractivity contribution is 6.30. The fraction of sp³-hybridized carbons (Fsp3) is 0.576. The normalized spacial score (nSPS) is 31.9. The van der Waals surface area contributed by atoms with E-state index < -0.39 is 0 Å². The Morgan fingerprint density at radius 2 is 0.861 bits per heavy atom. The Hall–Kier alpha value is -4.72. The highest BCUT2D eigenvalue weighted by Crippen LogP contribution is 2.46. The number of aliphatic hydroxyl groups excluding tert-OH is 1. The minimum atomic E-state index is -0.245. The highest BCUT2D eigenvalue weighted by atomic mass is 35.5. The first kappa shape index (κ1) is 49.5. The van der Waals surface area contributed by atoms with Gasteiger partial charge in [0.2, 0.25) is 20.4 Å². The minimum Gasteiger partial charge on any atom is -0.458 e. The molecule has 6 bridgehead atoms. The van der Waals surface area contributed by atoms with E-state index in [0.29, 0.717) is 66.5 Å². The van der Waals surface area contributed by atoms with Crippen molar-refractivity contribution in [3.8, 4) is 34.5 Å². The molecule has 6 fully saturated rings. The van der Waals surface area contributed by atoms with Crippen molar-refractivity contribution in [2.24, 2.45) is 59.2 Å². The number of likely N-dealkylation sites (tertiary alicyclic amines) is 3. The van der Waals surface area contributed by atoms with E-state index in [1.54, 1.807) is 24.3 Å². The van der Waals surface area contributed by atoms with Crippen LogP contribution in [0, 0.1) is 59.2 Å². The van der Waals surface area contributed by atoms with Gasteiger partial charge in [-0.3, -0.25) is 0 Å². The number of rotatable bonds is 8. The van der Waals surface area contributed by atoms with Crippen molar-refractivity contribution < 1.29 is 43.1 Å². The second kappa shape index (κ2) is 21.6. The first-order chi connectivity index (χ1) is 34.9. The summed E-state index contributed by atoms with van der Waals surface area (Å²) in [6, 6.07) is 25.9. The van der Waals surface area contributed by atoms with Crippen molar-refractivity contribution in [3.63, 3.8) is 0 Å². The number of aliphatic hydroxyl groups is 1. The molecular weight excluding hydrogens is 930 g/mol. The van der Waals surface area contributed by atoms with Gasteiger partial charge in [0.05, 0.1) is 11.7 Å². The smallest absolute Gasteiger partial charge is 0.338 e. The van der Waals surface area contributed by atoms with Crippen molar-refractivity contribution in [2.75, 3.05) is 80.8 Å². The van der Waals surface area contributed by atoms with Gasteiger partial charge in [-0.05, 0) is 204 Å². The number of nitrogens with zero attached hydrogens (tertiary/aromatic N) is 3. The summed E-state index contributed by atoms with van der Waals surface area (Å²) in [5, 5.41) is 11.0. The van der Waals surface area contributed by atoms with E-state index in [0.717, 1.165) is 123 Å². The maximum absolute atomic E-state index is 12.7. The van der Waals surface area contributed by atoms with Crippen molar-refractivity contribution in [1.29, 1.82) is 0 Å². The maximum Gasteiger partial charge on any atom is 0.338 e. The number of fused-ring (bicyclic) bond motifs is 9. The van der Waals surface area contributed by atoms with Gasteiger partial charge in [0.25, 0.3) is 0 Å². The third-order valence-electron chi connectivity index (χ3n) is 17.7. The molecule has 9 aliphatic rings. The highest BCUT2D eigenvalue weighted by Gasteiger charge is 2.45. The number of ether oxygens (including phenoxy) is 7. The molecule has 12 nitrogen and oxygen atoms in total. The lowest BCUT2D eigenvalue weighted by Crippen LogP contribution is -2.53. The monoisotopic (exact) mass is 1000 g/mol. The molecule has 13 heteroatoms. The zero-order valence-corrected chi connectivity index (χ0v) is 43.4. The molecule has 6 heterocycles. The average molecular weight is 1000 g/mol. The number of hydrogen-bond acceptors (Lipinski definition) is 12. The molecule has 6 aliphatic heterocycles. The van der Waals surface area contributed by atoms with Crippen LogP contribution in [0.5, 0.6) is 34.5 Å². The Morgan fingerprint density at radius 1 is 0.514 bits per heavy atom. The quantitative estimate of drug-likeness (QED) is 0.170. The molecule has 3 saturated heterocycles. The Bertz CT molecular complexity index is 2380. The number of carbonyl (C=O) groups excluding carboxylic acids is 1. The first-order valence-electron chi connectivity index (χ1n) is 26.8. The summed E-state index contributed by atoms with van der Waals surface area (Å²) in [4.78, 5) is 20.0. The van der Waals surface area contributed by atoms with Crippen LogP contribution in [0.1, 0.15) is 72.5 Å². The lowest BCUT2D eigenvalue weighted by molar-refractivity contribution is -0.0744. The standard InChI is InChI=1S/C24H26ClNO4.C18H25NO2.C17H23NO3/c1-26-12-18-9-16(8-15-2-7-21-22(11-15)29-14-28-21)10-19(13-26)23(18)30-24(27)17-3-5-20(25)6-4-17;1-12-15-6-14(7-16(12)10-19(2)9-15)5-13-3-4-17-18(8-13)21-11-20-17;1-18-8-13-5-12(6-14(9-18)17(13)19)4-11-2-3-15-16(7-11)21-10-20-15/h2-7,11,16,18-19,23H,8-10,12-14H2,1H3;3-4,8,12,14-16H,5-7,9-11H2,1-2H3;2-3,7,12-14,17,19H,4-6,8-10H2,1H3/t16?,18-,19+,23?;12?,14?,15-,16+;12?,13-,14+,17?. The van der Waals surface area contributed by atoms with E-state index in [1.165, 1.54) is 49.0 Å². The Balaban J connectivity index is 0.000000120. The van der Waals surface area contributed by atoms with Crippen LogP contribution in [-0.4, -0.2) is 119 Å². The van der Waals surface area contributed by atoms with Crippen LogP contribution >= 0.6 is 11.6 Å². The van der Waals surface area contributed by atoms with E-state index >= 15 is 0 Å². The fourth-order valence-electron chi connectivity index (χ4n) is 14.5. The van der Waals surface area contributed by atoms with Crippen LogP contribution < -0.4 is 28.4 Å². The van der Waals surface area contributed by atoms with Crippen molar-refractivity contribution in [2.45, 2.75) is 76.9 Å². The van der Waals surface area contributed by atoms with E-state index in [2.05, 4.69) is 85.2 Å². The molecule has 3 aliphatic carbocycles. The third kappa shape index (κ3) is 11.3. The van der Waals surface area contributed by atoms with Gasteiger partial charge >= 0.3 is 5.97 Å². The summed E-state index contributed by atoms with van der Waals surface area (Å²) in [7, 11) is 6.61. The maximum atomic E-state index is 12.7. The lowest BCUT2D eigenvalue weighted by Gasteiger charge is -2.48. The molecule has 6 unspecified atom stereocenters. The van der Waals surface area contributed by atoms with E-state index in [-0.39, 0.29) is 18.2 Å². The van der Waals surface area contributed by atoms with Crippen LogP contribution in [0.3, 0.4) is 0 Å². The molecule has 0 spiro atoms. The van der Waals surface area contributed by atoms with Gasteiger partial charge < -0.3 is 53.0 Å². The van der Waals surface area contributed by atoms with Crippen molar-refractivity contribution in [1.82, 2.24) is 14.7 Å². The number of halogens is 1. The van der Waals surface area contributed by atoms with Gasteiger partial charge in [-0.25, -0.2) is 4.79 Å². The molecule has 0 amide bonds. The molecule has 13 rings (SSSR count). The van der Waals surface area contributed by atoms with Crippen molar-refractivity contribution in [3.05, 3.63) is 106 Å². The number of benzene rings is 4. The van der Waals surface area contributed by atoms with Crippen LogP contribution in [0.25, 0.3) is 0 Å². The SMILES string of the molecule is CC1[C@@H]2CC(Cc3ccc4c(c3)OCO4)C[C@H]1CN(C)C2.CN1C[C@H]2CC(Cc3ccc4c(c3)OCO4)C[C@@H](C1)C2O.CN1C[C@H]2CC(Cc3ccc4c(c3)OCO4)C[C@@H](C1)C2OC(=O)c1ccc(Cl)cc1. The molecule has 12 atom stereocenters. The molecular formula is C59H74ClN3O9. The van der Waals surface area contributed by atoms with Gasteiger partial charge in [0.15, 0.2) is 34.5 Å². The summed E-state index contributed by atoms with van der Waals surface area (Å²) < 4.78 is 38.7. The van der Waals surface area contributed by atoms with Gasteiger partial charge in [-0.15, -0.1) is 0 Å². The molecule has 386 valence electrons. The zero-order chi connectivity index (χ0) is 49.5. The van der Waals surface area contributed by atoms with Crippen LogP contribution in [0.2, 0.25) is 5.02 Å². The van der Waals surface area contributed by atoms with Gasteiger partial charge in [-0.1, -0.05) is 36.7 Å². The van der Waals surface area contributed by atoms with Crippen LogP contribution in [0.4, 0.5) is 0 Å². The predicted octanol–water partition coefficient (Wildman–Crippen LogP) is 9.51. The summed E-state index contributed by atoms with van der Waals surface area (Å²) >= 11 is 5.94. The number of hydrogen-bond donors (Lipinski definition) is 1. The van der Waals surface area contributed by atoms with Gasteiger partial charge in [0, 0.05) is 56.1 Å². The second-order valence-electron chi connectivity index (χ2n) is 23.1. The Morgan fingerprint density at radius 3 is 1.28 bits per heavy atom. The average Bonchev–Trinajstić information content (AvgIpc) is 4.13. The minimum absolute atomic E-state index is 0.0163. The molecule has 4 aromatic carbocycles. The molecule has 0 radical (unpaired) electrons. The summed E-state index contributed by atoms with van der Waals surface area (Å²) in [6.07, 6.45) is 10.4. The Kier molecular flexibility index (Phi) is 14.9. The fourth-order valence-corrected chi connectivity index (χ4v) is 14.6. The van der Waals surface area contributed by atoms with Crippen LogP contribution in [-0.2, 0) is 24.0 Å². The topological polar surface area (TPSA) is 112 Å². The Labute approximate surface area is 431 Å². The van der Waals surface area contributed by atoms with E-state index in [1.807, 2.05) is 12.1 Å². The predicted molar refractivity (Wildman–Crippen MR) is 276 cm³/mol. The number of carbonyl (C=O) groups is 1. The number of esters is 1. The summed E-state index contributed by atoms with van der Waals surface area (Å²) in [6.45, 7) is 10.1. The third-order valence-corrected chi connectivity index (χ3v) is 17.9. The molecule has 72 heavy (non-hydrogen) atoms. The lowest BCUT2D eigenvalue weighted by atomic mass is 9.65. The zero-order valence-electron chi connectivity index (χ0n) is 42.6. The molecule has 3 saturated carbocycles. The molecule has 1 N–H and O–H groups in total. The van der Waals surface area contributed by atoms with Crippen molar-refractivity contribution >= 4 is 17.6 Å².